The van der Waals surface area contributed by atoms with Crippen molar-refractivity contribution in [2.75, 3.05) is 0 Å². The summed E-state index contributed by atoms with van der Waals surface area (Å²) in [6.45, 7) is 9.26. The third-order valence-corrected chi connectivity index (χ3v) is 6.48. The van der Waals surface area contributed by atoms with Gasteiger partial charge in [0.2, 0.25) is 0 Å². The van der Waals surface area contributed by atoms with Gasteiger partial charge in [-0.05, 0) is 52.3 Å². The van der Waals surface area contributed by atoms with E-state index in [-0.39, 0.29) is 4.90 Å². The van der Waals surface area contributed by atoms with Gasteiger partial charge in [0.15, 0.2) is 0 Å². The van der Waals surface area contributed by atoms with Crippen molar-refractivity contribution in [3.05, 3.63) is 47.8 Å². The molecule has 0 saturated heterocycles. The molecule has 0 aliphatic heterocycles. The fourth-order valence-corrected chi connectivity index (χ4v) is 3.75. The number of benzene rings is 1. The summed E-state index contributed by atoms with van der Waals surface area (Å²) in [6.07, 6.45) is 1.89. The molecular formula is C17H23N3O3S2. The zero-order chi connectivity index (χ0) is 18.8. The number of rotatable bonds is 5. The molecule has 2 rings (SSSR count). The lowest BCUT2D eigenvalue weighted by Crippen LogP contribution is -2.21. The SMILES string of the molecule is CC/C(=N\[S@](=O)C(C)(C)C)c1ccn(S(=O)(=O)c2ccc(C)cc2)n1. The first-order valence-corrected chi connectivity index (χ1v) is 10.5. The molecule has 0 aliphatic carbocycles. The quantitative estimate of drug-likeness (QED) is 0.745. The molecule has 0 bridgehead atoms. The highest BCUT2D eigenvalue weighted by Crippen LogP contribution is 2.17. The lowest BCUT2D eigenvalue weighted by Gasteiger charge is -2.14. The van der Waals surface area contributed by atoms with Crippen LogP contribution in [0.3, 0.4) is 0 Å². The van der Waals surface area contributed by atoms with Crippen LogP contribution in [0.1, 0.15) is 45.4 Å². The molecule has 2 aromatic rings. The molecule has 0 fully saturated rings. The number of aryl methyl sites for hydroxylation is 1. The molecule has 0 amide bonds. The van der Waals surface area contributed by atoms with Crippen LogP contribution >= 0.6 is 0 Å². The Morgan fingerprint density at radius 3 is 2.32 bits per heavy atom. The summed E-state index contributed by atoms with van der Waals surface area (Å²) < 4.78 is 42.2. The summed E-state index contributed by atoms with van der Waals surface area (Å²) in [6, 6.07) is 8.16. The zero-order valence-corrected chi connectivity index (χ0v) is 16.7. The van der Waals surface area contributed by atoms with Crippen molar-refractivity contribution in [2.45, 2.75) is 50.7 Å². The number of hydrogen-bond donors (Lipinski definition) is 0. The van der Waals surface area contributed by atoms with Crippen LogP contribution in [-0.4, -0.2) is 32.3 Å². The minimum absolute atomic E-state index is 0.168. The van der Waals surface area contributed by atoms with Gasteiger partial charge in [-0.3, -0.25) is 0 Å². The van der Waals surface area contributed by atoms with Crippen molar-refractivity contribution in [1.82, 2.24) is 9.19 Å². The van der Waals surface area contributed by atoms with Crippen LogP contribution in [0.4, 0.5) is 0 Å². The van der Waals surface area contributed by atoms with E-state index in [0.29, 0.717) is 17.8 Å². The van der Waals surface area contributed by atoms with Gasteiger partial charge in [0.05, 0.1) is 15.4 Å². The number of nitrogens with zero attached hydrogens (tertiary/aromatic N) is 3. The molecule has 0 N–H and O–H groups in total. The highest BCUT2D eigenvalue weighted by Gasteiger charge is 2.22. The fourth-order valence-electron chi connectivity index (χ4n) is 1.94. The summed E-state index contributed by atoms with van der Waals surface area (Å²) in [5, 5.41) is 4.15. The number of aromatic nitrogens is 2. The first-order chi connectivity index (χ1) is 11.6. The average Bonchev–Trinajstić information content (AvgIpc) is 3.02. The summed E-state index contributed by atoms with van der Waals surface area (Å²) in [7, 11) is -5.19. The summed E-state index contributed by atoms with van der Waals surface area (Å²) in [5.41, 5.74) is 1.91. The first kappa shape index (κ1) is 19.5. The predicted molar refractivity (Wildman–Crippen MR) is 101 cm³/mol. The second kappa shape index (κ2) is 7.21. The average molecular weight is 382 g/mol. The Balaban J connectivity index is 2.40. The van der Waals surface area contributed by atoms with Crippen molar-refractivity contribution in [2.24, 2.45) is 4.40 Å². The minimum Gasteiger partial charge on any atom is -0.234 e. The Labute approximate surface area is 151 Å². The van der Waals surface area contributed by atoms with Crippen LogP contribution in [0.15, 0.2) is 45.8 Å². The van der Waals surface area contributed by atoms with Gasteiger partial charge in [-0.1, -0.05) is 24.6 Å². The van der Waals surface area contributed by atoms with Crippen LogP contribution in [-0.2, 0) is 21.0 Å². The Bertz CT molecular complexity index is 905. The smallest absolute Gasteiger partial charge is 0.234 e. The van der Waals surface area contributed by atoms with Crippen LogP contribution in [0, 0.1) is 6.92 Å². The maximum atomic E-state index is 12.7. The van der Waals surface area contributed by atoms with Crippen molar-refractivity contribution in [3.63, 3.8) is 0 Å². The molecule has 0 spiro atoms. The minimum atomic E-state index is -3.76. The van der Waals surface area contributed by atoms with Crippen molar-refractivity contribution < 1.29 is 12.6 Å². The van der Waals surface area contributed by atoms with Crippen LogP contribution in [0.25, 0.3) is 0 Å². The maximum absolute atomic E-state index is 12.7. The van der Waals surface area contributed by atoms with E-state index < -0.39 is 25.8 Å². The van der Waals surface area contributed by atoms with Gasteiger partial charge >= 0.3 is 0 Å². The fraction of sp³-hybridized carbons (Fsp3) is 0.412. The molecule has 6 nitrogen and oxygen atoms in total. The lowest BCUT2D eigenvalue weighted by molar-refractivity contribution is 0.580. The van der Waals surface area contributed by atoms with Gasteiger partial charge in [-0.2, -0.15) is 22.0 Å². The van der Waals surface area contributed by atoms with Crippen molar-refractivity contribution >= 4 is 26.7 Å². The highest BCUT2D eigenvalue weighted by molar-refractivity contribution is 7.89. The lowest BCUT2D eigenvalue weighted by atomic mass is 10.2. The van der Waals surface area contributed by atoms with E-state index in [1.165, 1.54) is 6.20 Å². The van der Waals surface area contributed by atoms with Gasteiger partial charge in [0.1, 0.15) is 16.7 Å². The van der Waals surface area contributed by atoms with Crippen molar-refractivity contribution in [1.29, 1.82) is 0 Å². The normalized spacial score (nSPS) is 14.5. The third-order valence-electron chi connectivity index (χ3n) is 3.48. The monoisotopic (exact) mass is 381 g/mol. The molecule has 0 radical (unpaired) electrons. The van der Waals surface area contributed by atoms with Gasteiger partial charge in [0.25, 0.3) is 10.0 Å². The molecule has 25 heavy (non-hydrogen) atoms. The van der Waals surface area contributed by atoms with E-state index in [9.17, 15) is 12.6 Å². The van der Waals surface area contributed by atoms with Gasteiger partial charge in [0, 0.05) is 6.20 Å². The summed E-state index contributed by atoms with van der Waals surface area (Å²) in [5.74, 6) is 0. The molecular weight excluding hydrogens is 358 g/mol. The largest absolute Gasteiger partial charge is 0.282 e. The second-order valence-corrected chi connectivity index (χ2v) is 10.3. The van der Waals surface area contributed by atoms with E-state index in [0.717, 1.165) is 9.65 Å². The van der Waals surface area contributed by atoms with Crippen molar-refractivity contribution in [3.8, 4) is 0 Å². The molecule has 8 heteroatoms. The van der Waals surface area contributed by atoms with E-state index in [4.69, 9.17) is 0 Å². The Morgan fingerprint density at radius 2 is 1.80 bits per heavy atom. The summed E-state index contributed by atoms with van der Waals surface area (Å²) >= 11 is 0. The van der Waals surface area contributed by atoms with Gasteiger partial charge in [-0.15, -0.1) is 0 Å². The molecule has 1 atom stereocenters. The van der Waals surface area contributed by atoms with E-state index in [2.05, 4.69) is 9.50 Å². The zero-order valence-electron chi connectivity index (χ0n) is 15.1. The molecule has 1 aromatic heterocycles. The van der Waals surface area contributed by atoms with E-state index in [1.807, 2.05) is 34.6 Å². The molecule has 0 saturated carbocycles. The summed E-state index contributed by atoms with van der Waals surface area (Å²) in [4.78, 5) is 0.168. The Morgan fingerprint density at radius 1 is 1.20 bits per heavy atom. The predicted octanol–water partition coefficient (Wildman–Crippen LogP) is 3.09. The molecule has 1 heterocycles. The Hall–Kier alpha value is -1.80. The molecule has 0 aliphatic rings. The second-order valence-electron chi connectivity index (χ2n) is 6.64. The first-order valence-electron chi connectivity index (χ1n) is 7.93. The number of hydrogen-bond acceptors (Lipinski definition) is 4. The molecule has 1 aromatic carbocycles. The topological polar surface area (TPSA) is 81.4 Å². The molecule has 0 unspecified atom stereocenters. The Kier molecular flexibility index (Phi) is 5.63. The third kappa shape index (κ3) is 4.43. The maximum Gasteiger partial charge on any atom is 0.282 e. The van der Waals surface area contributed by atoms with Gasteiger partial charge < -0.3 is 0 Å². The van der Waals surface area contributed by atoms with Gasteiger partial charge in [-0.25, -0.2) is 4.21 Å². The van der Waals surface area contributed by atoms with E-state index >= 15 is 0 Å². The highest BCUT2D eigenvalue weighted by atomic mass is 32.2. The van der Waals surface area contributed by atoms with Crippen LogP contribution in [0.2, 0.25) is 0 Å². The van der Waals surface area contributed by atoms with E-state index in [1.54, 1.807) is 30.3 Å². The van der Waals surface area contributed by atoms with Crippen LogP contribution < -0.4 is 0 Å². The van der Waals surface area contributed by atoms with Crippen LogP contribution in [0.5, 0.6) is 0 Å². The standard InChI is InChI=1S/C17H23N3O3S2/c1-6-15(19-24(21)17(3,4)5)16-11-12-20(18-16)25(22,23)14-9-7-13(2)8-10-14/h7-12H,6H2,1-5H3/b19-15+/t24-/m1/s1. The molecule has 136 valence electrons.